The van der Waals surface area contributed by atoms with Crippen molar-refractivity contribution in [3.8, 4) is 5.75 Å². The molecule has 0 saturated carbocycles. The molecule has 2 aromatic rings. The van der Waals surface area contributed by atoms with E-state index in [1.807, 2.05) is 0 Å². The minimum Gasteiger partial charge on any atom is -0.495 e. The van der Waals surface area contributed by atoms with Crippen LogP contribution in [0.4, 0.5) is 17.1 Å². The summed E-state index contributed by atoms with van der Waals surface area (Å²) in [5.41, 5.74) is 1.31. The van der Waals surface area contributed by atoms with Gasteiger partial charge in [0.05, 0.1) is 29.2 Å². The Balaban J connectivity index is 2.21. The van der Waals surface area contributed by atoms with E-state index < -0.39 is 20.9 Å². The molecule has 0 aromatic heterocycles. The SMILES string of the molecule is CCN(CC)S(=O)(=O)c1ccc(OC)c(NC(=O)CNc2cc([N+](=O)[O-])ccc2C)c1. The molecule has 2 N–H and O–H groups in total. The van der Waals surface area contributed by atoms with Crippen molar-refractivity contribution >= 4 is 33.0 Å². The molecule has 0 aliphatic carbocycles. The summed E-state index contributed by atoms with van der Waals surface area (Å²) >= 11 is 0. The highest BCUT2D eigenvalue weighted by molar-refractivity contribution is 7.89. The molecule has 10 nitrogen and oxygen atoms in total. The second-order valence-corrected chi connectivity index (χ2v) is 8.55. The highest BCUT2D eigenvalue weighted by Crippen LogP contribution is 2.29. The lowest BCUT2D eigenvalue weighted by Gasteiger charge is -2.19. The molecule has 0 aliphatic heterocycles. The summed E-state index contributed by atoms with van der Waals surface area (Å²) < 4.78 is 32.1. The predicted molar refractivity (Wildman–Crippen MR) is 118 cm³/mol. The Bertz CT molecular complexity index is 1070. The number of sulfonamides is 1. The largest absolute Gasteiger partial charge is 0.495 e. The summed E-state index contributed by atoms with van der Waals surface area (Å²) in [7, 11) is -2.30. The molecular weight excluding hydrogens is 424 g/mol. The van der Waals surface area contributed by atoms with Crippen LogP contribution in [0.5, 0.6) is 5.75 Å². The van der Waals surface area contributed by atoms with Gasteiger partial charge in [-0.1, -0.05) is 19.9 Å². The molecule has 0 atom stereocenters. The fourth-order valence-electron chi connectivity index (χ4n) is 2.94. The standard InChI is InChI=1S/C20H26N4O6S/c1-5-23(6-2)31(28,29)16-9-10-19(30-4)18(12-16)22-20(25)13-21-17-11-15(24(26)27)8-7-14(17)3/h7-12,21H,5-6,13H2,1-4H3,(H,22,25). The van der Waals surface area contributed by atoms with E-state index in [0.29, 0.717) is 24.5 Å². The molecule has 0 saturated heterocycles. The van der Waals surface area contributed by atoms with E-state index in [2.05, 4.69) is 10.6 Å². The Hall–Kier alpha value is -3.18. The van der Waals surface area contributed by atoms with Crippen LogP contribution in [0.15, 0.2) is 41.3 Å². The van der Waals surface area contributed by atoms with Gasteiger partial charge in [-0.2, -0.15) is 4.31 Å². The number of nitrogens with one attached hydrogen (secondary N) is 2. The number of nitrogens with zero attached hydrogens (tertiary/aromatic N) is 2. The van der Waals surface area contributed by atoms with Crippen LogP contribution in [0.3, 0.4) is 0 Å². The van der Waals surface area contributed by atoms with Gasteiger partial charge in [-0.15, -0.1) is 0 Å². The number of aryl methyl sites for hydroxylation is 1. The summed E-state index contributed by atoms with van der Waals surface area (Å²) in [6.07, 6.45) is 0. The second-order valence-electron chi connectivity index (χ2n) is 6.61. The van der Waals surface area contributed by atoms with Gasteiger partial charge in [0.25, 0.3) is 5.69 Å². The van der Waals surface area contributed by atoms with E-state index in [1.54, 1.807) is 26.8 Å². The summed E-state index contributed by atoms with van der Waals surface area (Å²) in [6.45, 7) is 5.70. The molecular formula is C20H26N4O6S. The number of hydrogen-bond acceptors (Lipinski definition) is 7. The third-order valence-electron chi connectivity index (χ3n) is 4.66. The van der Waals surface area contributed by atoms with Gasteiger partial charge >= 0.3 is 0 Å². The van der Waals surface area contributed by atoms with Crippen LogP contribution in [0.2, 0.25) is 0 Å². The van der Waals surface area contributed by atoms with Crippen molar-refractivity contribution in [2.75, 3.05) is 37.4 Å². The Labute approximate surface area is 181 Å². The quantitative estimate of drug-likeness (QED) is 0.420. The molecule has 168 valence electrons. The van der Waals surface area contributed by atoms with Gasteiger partial charge in [0.15, 0.2) is 0 Å². The summed E-state index contributed by atoms with van der Waals surface area (Å²) in [5, 5.41) is 16.4. The van der Waals surface area contributed by atoms with Gasteiger partial charge in [0, 0.05) is 30.9 Å². The zero-order valence-electron chi connectivity index (χ0n) is 17.8. The molecule has 0 spiro atoms. The van der Waals surface area contributed by atoms with Crippen LogP contribution in [-0.2, 0) is 14.8 Å². The van der Waals surface area contributed by atoms with Crippen molar-refractivity contribution in [1.82, 2.24) is 4.31 Å². The lowest BCUT2D eigenvalue weighted by molar-refractivity contribution is -0.384. The third-order valence-corrected chi connectivity index (χ3v) is 6.71. The Morgan fingerprint density at radius 2 is 1.81 bits per heavy atom. The van der Waals surface area contributed by atoms with Crippen molar-refractivity contribution in [2.45, 2.75) is 25.7 Å². The Kier molecular flexibility index (Phi) is 7.95. The summed E-state index contributed by atoms with van der Waals surface area (Å²) in [5.74, 6) is -0.167. The van der Waals surface area contributed by atoms with Crippen LogP contribution in [0.1, 0.15) is 19.4 Å². The van der Waals surface area contributed by atoms with Gasteiger partial charge in [-0.25, -0.2) is 8.42 Å². The first kappa shape index (κ1) is 24.1. The molecule has 0 unspecified atom stereocenters. The topological polar surface area (TPSA) is 131 Å². The van der Waals surface area contributed by atoms with E-state index in [4.69, 9.17) is 4.74 Å². The molecule has 31 heavy (non-hydrogen) atoms. The minimum absolute atomic E-state index is 0.0368. The fourth-order valence-corrected chi connectivity index (χ4v) is 4.43. The number of hydrogen-bond donors (Lipinski definition) is 2. The lowest BCUT2D eigenvalue weighted by atomic mass is 10.2. The van der Waals surface area contributed by atoms with E-state index in [0.717, 1.165) is 5.56 Å². The zero-order valence-corrected chi connectivity index (χ0v) is 18.7. The highest BCUT2D eigenvalue weighted by atomic mass is 32.2. The maximum atomic E-state index is 12.8. The number of rotatable bonds is 10. The number of carbonyl (C=O) groups is 1. The van der Waals surface area contributed by atoms with Gasteiger partial charge in [0.1, 0.15) is 5.75 Å². The first-order chi connectivity index (χ1) is 14.6. The number of non-ortho nitro benzene ring substituents is 1. The van der Waals surface area contributed by atoms with E-state index >= 15 is 0 Å². The van der Waals surface area contributed by atoms with Crippen molar-refractivity contribution in [2.24, 2.45) is 0 Å². The van der Waals surface area contributed by atoms with Crippen molar-refractivity contribution < 1.29 is 22.9 Å². The van der Waals surface area contributed by atoms with Gasteiger partial charge in [-0.05, 0) is 30.7 Å². The predicted octanol–water partition coefficient (Wildman–Crippen LogP) is 2.99. The van der Waals surface area contributed by atoms with Crippen LogP contribution in [0.25, 0.3) is 0 Å². The molecule has 0 heterocycles. The molecule has 2 aromatic carbocycles. The first-order valence-corrected chi connectivity index (χ1v) is 11.0. The zero-order chi connectivity index (χ0) is 23.2. The maximum Gasteiger partial charge on any atom is 0.271 e. The highest BCUT2D eigenvalue weighted by Gasteiger charge is 2.23. The molecule has 0 fully saturated rings. The van der Waals surface area contributed by atoms with Crippen LogP contribution in [-0.4, -0.2) is 50.3 Å². The van der Waals surface area contributed by atoms with Crippen molar-refractivity contribution in [3.63, 3.8) is 0 Å². The lowest BCUT2D eigenvalue weighted by Crippen LogP contribution is -2.30. The van der Waals surface area contributed by atoms with E-state index in [1.165, 1.54) is 41.7 Å². The van der Waals surface area contributed by atoms with Gasteiger partial charge in [0.2, 0.25) is 15.9 Å². The smallest absolute Gasteiger partial charge is 0.271 e. The van der Waals surface area contributed by atoms with Crippen molar-refractivity contribution in [3.05, 3.63) is 52.1 Å². The number of carbonyl (C=O) groups excluding carboxylic acids is 1. The van der Waals surface area contributed by atoms with Gasteiger partial charge < -0.3 is 15.4 Å². The van der Waals surface area contributed by atoms with E-state index in [-0.39, 0.29) is 22.8 Å². The van der Waals surface area contributed by atoms with E-state index in [9.17, 15) is 23.3 Å². The number of ether oxygens (including phenoxy) is 1. The Morgan fingerprint density at radius 3 is 2.39 bits per heavy atom. The number of benzene rings is 2. The summed E-state index contributed by atoms with van der Waals surface area (Å²) in [6, 6.07) is 8.57. The third kappa shape index (κ3) is 5.70. The van der Waals surface area contributed by atoms with Crippen molar-refractivity contribution in [1.29, 1.82) is 0 Å². The second kappa shape index (κ2) is 10.2. The average Bonchev–Trinajstić information content (AvgIpc) is 2.73. The fraction of sp³-hybridized carbons (Fsp3) is 0.350. The monoisotopic (exact) mass is 450 g/mol. The number of nitro groups is 1. The van der Waals surface area contributed by atoms with Gasteiger partial charge in [-0.3, -0.25) is 14.9 Å². The van der Waals surface area contributed by atoms with Crippen LogP contribution < -0.4 is 15.4 Å². The molecule has 1 amide bonds. The average molecular weight is 451 g/mol. The maximum absolute atomic E-state index is 12.8. The molecule has 0 radical (unpaired) electrons. The molecule has 0 bridgehead atoms. The first-order valence-electron chi connectivity index (χ1n) is 9.61. The number of methoxy groups -OCH3 is 1. The molecule has 11 heteroatoms. The number of amides is 1. The molecule has 2 rings (SSSR count). The number of nitro benzene ring substituents is 1. The molecule has 0 aliphatic rings. The normalized spacial score (nSPS) is 11.3. The number of anilines is 2. The van der Waals surface area contributed by atoms with Crippen LogP contribution in [0, 0.1) is 17.0 Å². The summed E-state index contributed by atoms with van der Waals surface area (Å²) in [4.78, 5) is 22.9. The Morgan fingerprint density at radius 1 is 1.13 bits per heavy atom. The van der Waals surface area contributed by atoms with Crippen LogP contribution >= 0.6 is 0 Å². The minimum atomic E-state index is -3.71.